The van der Waals surface area contributed by atoms with Crippen molar-refractivity contribution < 1.29 is 9.21 Å². The van der Waals surface area contributed by atoms with Gasteiger partial charge in [0.15, 0.2) is 5.78 Å². The number of nitrogens with zero attached hydrogens (tertiary/aromatic N) is 1. The summed E-state index contributed by atoms with van der Waals surface area (Å²) in [6, 6.07) is 9.14. The number of carbonyl (C=O) groups is 1. The Hall–Kier alpha value is -1.71. The predicted octanol–water partition coefficient (Wildman–Crippen LogP) is 4.89. The van der Waals surface area contributed by atoms with E-state index in [4.69, 9.17) is 27.6 Å². The monoisotopic (exact) mass is 347 g/mol. The minimum absolute atomic E-state index is 0.191. The largest absolute Gasteiger partial charge is 0.457 e. The first-order valence-electron chi connectivity index (χ1n) is 7.68. The van der Waals surface area contributed by atoms with Gasteiger partial charge in [0, 0.05) is 30.6 Å². The van der Waals surface area contributed by atoms with Crippen LogP contribution >= 0.6 is 23.2 Å². The molecule has 0 amide bonds. The lowest BCUT2D eigenvalue weighted by atomic mass is 9.84. The molecule has 1 aromatic carbocycles. The molecular weight excluding hydrogens is 333 g/mol. The summed E-state index contributed by atoms with van der Waals surface area (Å²) in [4.78, 5) is 14.5. The molecule has 0 aliphatic carbocycles. The highest BCUT2D eigenvalue weighted by molar-refractivity contribution is 6.42. The smallest absolute Gasteiger partial charge is 0.182 e. The lowest BCUT2D eigenvalue weighted by Gasteiger charge is -2.40. The molecule has 3 nitrogen and oxygen atoms in total. The van der Waals surface area contributed by atoms with E-state index in [1.54, 1.807) is 12.1 Å². The fourth-order valence-electron chi connectivity index (χ4n) is 3.28. The first-order valence-corrected chi connectivity index (χ1v) is 8.43. The Kier molecular flexibility index (Phi) is 3.70. The first-order chi connectivity index (χ1) is 11.1. The summed E-state index contributed by atoms with van der Waals surface area (Å²) in [7, 11) is 0. The van der Waals surface area contributed by atoms with Crippen molar-refractivity contribution in [3.8, 4) is 11.3 Å². The van der Waals surface area contributed by atoms with E-state index in [1.807, 2.05) is 24.3 Å². The van der Waals surface area contributed by atoms with E-state index >= 15 is 0 Å². The van der Waals surface area contributed by atoms with Gasteiger partial charge in [-0.3, -0.25) is 4.79 Å². The number of fused-ring (bicyclic) bond motifs is 3. The molecule has 1 aromatic heterocycles. The summed E-state index contributed by atoms with van der Waals surface area (Å²) >= 11 is 12.0. The van der Waals surface area contributed by atoms with Crippen molar-refractivity contribution in [2.24, 2.45) is 5.92 Å². The molecule has 23 heavy (non-hydrogen) atoms. The summed E-state index contributed by atoms with van der Waals surface area (Å²) in [5.74, 6) is 1.83. The number of Topliss-reactive ketones (excluding diaryl/α,β-unsaturated/α-hetero) is 1. The first kappa shape index (κ1) is 14.9. The zero-order valence-electron chi connectivity index (χ0n) is 12.4. The van der Waals surface area contributed by atoms with Gasteiger partial charge in [-0.25, -0.2) is 0 Å². The van der Waals surface area contributed by atoms with E-state index in [0.29, 0.717) is 21.6 Å². The van der Waals surface area contributed by atoms with E-state index in [2.05, 4.69) is 4.90 Å². The maximum absolute atomic E-state index is 12.4. The molecule has 3 aliphatic rings. The minimum Gasteiger partial charge on any atom is -0.457 e. The van der Waals surface area contributed by atoms with E-state index in [1.165, 1.54) is 0 Å². The second-order valence-electron chi connectivity index (χ2n) is 5.99. The molecule has 2 aromatic rings. The van der Waals surface area contributed by atoms with E-state index in [9.17, 15) is 4.79 Å². The average Bonchev–Trinajstić information content (AvgIpc) is 3.02. The Morgan fingerprint density at radius 1 is 1.09 bits per heavy atom. The van der Waals surface area contributed by atoms with Gasteiger partial charge in [-0.05, 0) is 43.2 Å². The van der Waals surface area contributed by atoms with Crippen molar-refractivity contribution in [3.63, 3.8) is 0 Å². The predicted molar refractivity (Wildman–Crippen MR) is 91.4 cm³/mol. The van der Waals surface area contributed by atoms with Crippen LogP contribution in [0.25, 0.3) is 17.4 Å². The van der Waals surface area contributed by atoms with Crippen LogP contribution in [0.1, 0.15) is 18.6 Å². The Bertz CT molecular complexity index is 801. The SMILES string of the molecule is O=C1C(=Cc2ccc(-c3ccc(Cl)c(Cl)c3)o2)N2CCC1CC2. The van der Waals surface area contributed by atoms with Gasteiger partial charge >= 0.3 is 0 Å². The van der Waals surface area contributed by atoms with Gasteiger partial charge in [0.25, 0.3) is 0 Å². The molecule has 0 saturated carbocycles. The number of rotatable bonds is 2. The van der Waals surface area contributed by atoms with Crippen molar-refractivity contribution in [2.75, 3.05) is 13.1 Å². The van der Waals surface area contributed by atoms with Crippen molar-refractivity contribution in [1.29, 1.82) is 0 Å². The molecule has 0 unspecified atom stereocenters. The van der Waals surface area contributed by atoms with Crippen LogP contribution in [0.4, 0.5) is 0 Å². The van der Waals surface area contributed by atoms with Gasteiger partial charge in [-0.1, -0.05) is 23.2 Å². The number of carbonyl (C=O) groups excluding carboxylic acids is 1. The summed E-state index contributed by atoms with van der Waals surface area (Å²) < 4.78 is 5.87. The Morgan fingerprint density at radius 2 is 1.87 bits per heavy atom. The van der Waals surface area contributed by atoms with Gasteiger partial charge in [0.2, 0.25) is 0 Å². The molecule has 0 spiro atoms. The zero-order chi connectivity index (χ0) is 16.0. The molecule has 4 heterocycles. The molecule has 0 atom stereocenters. The molecule has 118 valence electrons. The highest BCUT2D eigenvalue weighted by Gasteiger charge is 2.36. The van der Waals surface area contributed by atoms with Gasteiger partial charge in [0.1, 0.15) is 11.5 Å². The summed E-state index contributed by atoms with van der Waals surface area (Å²) in [6.07, 6.45) is 3.81. The molecule has 5 heteroatoms. The second kappa shape index (κ2) is 5.73. The fourth-order valence-corrected chi connectivity index (χ4v) is 3.58. The van der Waals surface area contributed by atoms with E-state index in [0.717, 1.165) is 37.2 Å². The van der Waals surface area contributed by atoms with Crippen LogP contribution in [0.2, 0.25) is 10.0 Å². The third-order valence-electron chi connectivity index (χ3n) is 4.57. The normalized spacial score (nSPS) is 19.8. The van der Waals surface area contributed by atoms with Crippen LogP contribution in [0.5, 0.6) is 0 Å². The maximum atomic E-state index is 12.4. The molecule has 5 rings (SSSR count). The number of allylic oxidation sites excluding steroid dienone is 1. The van der Waals surface area contributed by atoms with Gasteiger partial charge < -0.3 is 9.32 Å². The molecule has 3 aliphatic heterocycles. The molecular formula is C18H15Cl2NO2. The highest BCUT2D eigenvalue weighted by Crippen LogP contribution is 2.34. The Labute approximate surface area is 144 Å². The van der Waals surface area contributed by atoms with Crippen LogP contribution < -0.4 is 0 Å². The van der Waals surface area contributed by atoms with Crippen LogP contribution in [-0.4, -0.2) is 23.8 Å². The van der Waals surface area contributed by atoms with Gasteiger partial charge in [-0.2, -0.15) is 0 Å². The van der Waals surface area contributed by atoms with Crippen LogP contribution in [0, 0.1) is 5.92 Å². The lowest BCUT2D eigenvalue weighted by Crippen LogP contribution is -2.45. The molecule has 0 radical (unpaired) electrons. The number of furan rings is 1. The third kappa shape index (κ3) is 2.68. The van der Waals surface area contributed by atoms with E-state index < -0.39 is 0 Å². The number of halogens is 2. The summed E-state index contributed by atoms with van der Waals surface area (Å²) in [5.41, 5.74) is 1.64. The Morgan fingerprint density at radius 3 is 2.57 bits per heavy atom. The van der Waals surface area contributed by atoms with Gasteiger partial charge in [0.05, 0.1) is 15.7 Å². The number of hydrogen-bond donors (Lipinski definition) is 0. The molecule has 2 bridgehead atoms. The van der Waals surface area contributed by atoms with Gasteiger partial charge in [-0.15, -0.1) is 0 Å². The zero-order valence-corrected chi connectivity index (χ0v) is 13.9. The maximum Gasteiger partial charge on any atom is 0.182 e. The van der Waals surface area contributed by atoms with E-state index in [-0.39, 0.29) is 11.7 Å². The quantitative estimate of drug-likeness (QED) is 0.725. The van der Waals surface area contributed by atoms with Crippen molar-refractivity contribution in [3.05, 3.63) is 51.8 Å². The molecule has 0 N–H and O–H groups in total. The van der Waals surface area contributed by atoms with Crippen molar-refractivity contribution in [2.45, 2.75) is 12.8 Å². The number of ketones is 1. The standard InChI is InChI=1S/C18H15Cl2NO2/c19-14-3-1-12(9-15(14)20)17-4-2-13(23-17)10-16-18(22)11-5-7-21(16)8-6-11/h1-4,9-11H,5-8H2. The summed E-state index contributed by atoms with van der Waals surface area (Å²) in [5, 5.41) is 1.01. The number of hydrogen-bond acceptors (Lipinski definition) is 3. The topological polar surface area (TPSA) is 33.5 Å². The molecule has 3 fully saturated rings. The lowest BCUT2D eigenvalue weighted by molar-refractivity contribution is -0.125. The van der Waals surface area contributed by atoms with Crippen molar-refractivity contribution >= 4 is 35.1 Å². The minimum atomic E-state index is 0.191. The number of benzene rings is 1. The van der Waals surface area contributed by atoms with Crippen LogP contribution in [-0.2, 0) is 4.79 Å². The summed E-state index contributed by atoms with van der Waals surface area (Å²) in [6.45, 7) is 1.92. The second-order valence-corrected chi connectivity index (χ2v) is 6.80. The molecule has 3 saturated heterocycles. The number of piperidine rings is 3. The fraction of sp³-hybridized carbons (Fsp3) is 0.278. The average molecular weight is 348 g/mol. The highest BCUT2D eigenvalue weighted by atomic mass is 35.5. The Balaban J connectivity index is 1.64. The van der Waals surface area contributed by atoms with Crippen LogP contribution in [0.3, 0.4) is 0 Å². The van der Waals surface area contributed by atoms with Crippen molar-refractivity contribution in [1.82, 2.24) is 4.90 Å². The van der Waals surface area contributed by atoms with Crippen LogP contribution in [0.15, 0.2) is 40.4 Å². The third-order valence-corrected chi connectivity index (χ3v) is 5.31.